The van der Waals surface area contributed by atoms with Crippen LogP contribution in [0, 0.1) is 13.8 Å². The summed E-state index contributed by atoms with van der Waals surface area (Å²) in [7, 11) is 3.94. The highest BCUT2D eigenvalue weighted by atomic mass is 16.5. The molecule has 5 rings (SSSR count). The minimum atomic E-state index is -0.0899. The third kappa shape index (κ3) is 3.88. The molecule has 10 nitrogen and oxygen atoms in total. The molecular weight excluding hydrogens is 432 g/mol. The second-order valence-corrected chi connectivity index (χ2v) is 8.96. The molecule has 4 aromatic heterocycles. The molecule has 2 N–H and O–H groups in total. The summed E-state index contributed by atoms with van der Waals surface area (Å²) in [6, 6.07) is 2.04. The van der Waals surface area contributed by atoms with Gasteiger partial charge in [0, 0.05) is 31.1 Å². The molecule has 0 aliphatic carbocycles. The lowest BCUT2D eigenvalue weighted by molar-refractivity contribution is 0.146. The van der Waals surface area contributed by atoms with E-state index in [-0.39, 0.29) is 12.7 Å². The first kappa shape index (κ1) is 22.3. The van der Waals surface area contributed by atoms with Crippen LogP contribution >= 0.6 is 0 Å². The maximum Gasteiger partial charge on any atom is 0.221 e. The molecule has 0 spiro atoms. The lowest BCUT2D eigenvalue weighted by Gasteiger charge is -2.23. The van der Waals surface area contributed by atoms with Crippen LogP contribution in [0.1, 0.15) is 35.3 Å². The minimum Gasteiger partial charge on any atom is -0.473 e. The number of H-pyrrole nitrogens is 1. The SMILES string of the molecule is Cc1nn(CCO)c2c1/C=C/c1[nH]nc3c(C)nc(cc13)-c1cnn(C)c1O[C@@H](C)CN(C)C2. The number of ether oxygens (including phenoxy) is 1. The quantitative estimate of drug-likeness (QED) is 0.471. The van der Waals surface area contributed by atoms with Crippen LogP contribution < -0.4 is 4.74 Å². The number of aliphatic hydroxyl groups is 1. The summed E-state index contributed by atoms with van der Waals surface area (Å²) < 4.78 is 10.0. The fourth-order valence-electron chi connectivity index (χ4n) is 4.66. The largest absolute Gasteiger partial charge is 0.473 e. The Kier molecular flexibility index (Phi) is 5.70. The molecule has 0 saturated carbocycles. The number of fused-ring (bicyclic) bond motifs is 4. The zero-order valence-electron chi connectivity index (χ0n) is 20.2. The van der Waals surface area contributed by atoms with Crippen LogP contribution in [0.15, 0.2) is 12.3 Å². The van der Waals surface area contributed by atoms with Crippen LogP contribution in [0.25, 0.3) is 34.3 Å². The molecule has 4 aromatic rings. The molecule has 0 fully saturated rings. The van der Waals surface area contributed by atoms with Gasteiger partial charge in [0.25, 0.3) is 0 Å². The van der Waals surface area contributed by atoms with Gasteiger partial charge in [-0.25, -0.2) is 4.68 Å². The molecule has 1 atom stereocenters. The Balaban J connectivity index is 1.71. The Bertz CT molecular complexity index is 1380. The second kappa shape index (κ2) is 8.69. The summed E-state index contributed by atoms with van der Waals surface area (Å²) in [5.41, 5.74) is 7.23. The molecule has 0 radical (unpaired) electrons. The van der Waals surface area contributed by atoms with Crippen LogP contribution in [0.5, 0.6) is 5.88 Å². The first-order valence-corrected chi connectivity index (χ1v) is 11.4. The van der Waals surface area contributed by atoms with Gasteiger partial charge in [-0.15, -0.1) is 0 Å². The Morgan fingerprint density at radius 3 is 2.82 bits per heavy atom. The van der Waals surface area contributed by atoms with Gasteiger partial charge in [-0.05, 0) is 46.0 Å². The van der Waals surface area contributed by atoms with Crippen LogP contribution in [0.2, 0.25) is 0 Å². The van der Waals surface area contributed by atoms with Crippen molar-refractivity contribution in [1.82, 2.24) is 39.6 Å². The molecule has 1 aliphatic heterocycles. The molecule has 0 unspecified atom stereocenters. The lowest BCUT2D eigenvalue weighted by Crippen LogP contribution is -2.32. The van der Waals surface area contributed by atoms with Crippen molar-refractivity contribution in [3.8, 4) is 17.1 Å². The number of nitrogens with zero attached hydrogens (tertiary/aromatic N) is 7. The van der Waals surface area contributed by atoms with Crippen molar-refractivity contribution in [2.24, 2.45) is 7.05 Å². The third-order valence-electron chi connectivity index (χ3n) is 6.22. The van der Waals surface area contributed by atoms with Crippen molar-refractivity contribution >= 4 is 23.1 Å². The summed E-state index contributed by atoms with van der Waals surface area (Å²) in [6.07, 6.45) is 5.83. The van der Waals surface area contributed by atoms with Crippen LogP contribution in [-0.2, 0) is 20.1 Å². The van der Waals surface area contributed by atoms with Gasteiger partial charge in [0.05, 0.1) is 53.4 Å². The predicted molar refractivity (Wildman–Crippen MR) is 130 cm³/mol. The number of aromatic amines is 1. The van der Waals surface area contributed by atoms with Gasteiger partial charge in [-0.2, -0.15) is 15.3 Å². The standard InChI is InChI=1S/C24H30N8O2/c1-14-12-30(4)13-22-17(15(2)29-32(22)8-9-33)6-7-20-18-10-21(26-16(3)23(18)28-27-20)19-11-25-31(5)24(19)34-14/h6-7,10-11,14,33H,8-9,12-13H2,1-5H3,(H,27,28)/b7-6+/t14-/m0/s1. The number of aliphatic hydroxyl groups excluding tert-OH is 1. The number of hydrogen-bond acceptors (Lipinski definition) is 7. The van der Waals surface area contributed by atoms with Crippen molar-refractivity contribution in [3.63, 3.8) is 0 Å². The van der Waals surface area contributed by atoms with Gasteiger partial charge in [0.15, 0.2) is 0 Å². The fourth-order valence-corrected chi connectivity index (χ4v) is 4.66. The highest BCUT2D eigenvalue weighted by molar-refractivity contribution is 5.93. The van der Waals surface area contributed by atoms with E-state index in [1.807, 2.05) is 37.7 Å². The molecule has 0 aromatic carbocycles. The molecule has 10 heteroatoms. The van der Waals surface area contributed by atoms with Crippen molar-refractivity contribution in [2.45, 2.75) is 40.0 Å². The predicted octanol–water partition coefficient (Wildman–Crippen LogP) is 2.55. The normalized spacial score (nSPS) is 17.8. The summed E-state index contributed by atoms with van der Waals surface area (Å²) in [5.74, 6) is 0.685. The fraction of sp³-hybridized carbons (Fsp3) is 0.417. The summed E-state index contributed by atoms with van der Waals surface area (Å²) in [5, 5.41) is 27.4. The molecule has 178 valence electrons. The lowest BCUT2D eigenvalue weighted by atomic mass is 10.1. The Labute approximate surface area is 197 Å². The van der Waals surface area contributed by atoms with E-state index in [1.54, 1.807) is 10.9 Å². The van der Waals surface area contributed by atoms with E-state index in [2.05, 4.69) is 45.3 Å². The van der Waals surface area contributed by atoms with E-state index >= 15 is 0 Å². The van der Waals surface area contributed by atoms with Gasteiger partial charge in [0.2, 0.25) is 5.88 Å². The van der Waals surface area contributed by atoms with Crippen LogP contribution in [0.4, 0.5) is 0 Å². The first-order chi connectivity index (χ1) is 16.4. The van der Waals surface area contributed by atoms with Gasteiger partial charge in [-0.1, -0.05) is 0 Å². The summed E-state index contributed by atoms with van der Waals surface area (Å²) >= 11 is 0. The number of rotatable bonds is 2. The van der Waals surface area contributed by atoms with Crippen molar-refractivity contribution in [2.75, 3.05) is 20.2 Å². The van der Waals surface area contributed by atoms with Gasteiger partial charge in [0.1, 0.15) is 11.6 Å². The van der Waals surface area contributed by atoms with E-state index in [0.29, 0.717) is 25.5 Å². The zero-order valence-corrected chi connectivity index (χ0v) is 20.2. The van der Waals surface area contributed by atoms with E-state index in [0.717, 1.165) is 50.5 Å². The number of likely N-dealkylation sites (N-methyl/N-ethyl adjacent to an activating group) is 1. The average Bonchev–Trinajstić information content (AvgIpc) is 3.43. The summed E-state index contributed by atoms with van der Waals surface area (Å²) in [6.45, 7) is 7.86. The van der Waals surface area contributed by atoms with Crippen LogP contribution in [-0.4, -0.2) is 71.1 Å². The Hall–Kier alpha value is -3.50. The molecular formula is C24H30N8O2. The smallest absolute Gasteiger partial charge is 0.221 e. The number of aromatic nitrogens is 7. The Morgan fingerprint density at radius 1 is 1.21 bits per heavy atom. The van der Waals surface area contributed by atoms with Gasteiger partial charge in [-0.3, -0.25) is 19.7 Å². The maximum atomic E-state index is 9.58. The highest BCUT2D eigenvalue weighted by Crippen LogP contribution is 2.33. The summed E-state index contributed by atoms with van der Waals surface area (Å²) in [4.78, 5) is 7.01. The molecule has 0 saturated heterocycles. The topological polar surface area (TPSA) is 110 Å². The first-order valence-electron chi connectivity index (χ1n) is 11.4. The highest BCUT2D eigenvalue weighted by Gasteiger charge is 2.21. The van der Waals surface area contributed by atoms with Gasteiger partial charge >= 0.3 is 0 Å². The molecule has 1 aliphatic rings. The van der Waals surface area contributed by atoms with Crippen molar-refractivity contribution < 1.29 is 9.84 Å². The van der Waals surface area contributed by atoms with Crippen molar-refractivity contribution in [1.29, 1.82) is 0 Å². The van der Waals surface area contributed by atoms with Crippen molar-refractivity contribution in [3.05, 3.63) is 40.6 Å². The van der Waals surface area contributed by atoms with E-state index in [1.165, 1.54) is 0 Å². The van der Waals surface area contributed by atoms with Crippen LogP contribution in [0.3, 0.4) is 0 Å². The number of pyridine rings is 1. The Morgan fingerprint density at radius 2 is 2.03 bits per heavy atom. The molecule has 5 heterocycles. The van der Waals surface area contributed by atoms with Gasteiger partial charge < -0.3 is 9.84 Å². The monoisotopic (exact) mass is 462 g/mol. The maximum absolute atomic E-state index is 9.58. The van der Waals surface area contributed by atoms with E-state index in [4.69, 9.17) is 9.72 Å². The second-order valence-electron chi connectivity index (χ2n) is 8.96. The number of hydrogen-bond donors (Lipinski definition) is 2. The number of aryl methyl sites for hydroxylation is 3. The average molecular weight is 463 g/mol. The minimum absolute atomic E-state index is 0.0318. The zero-order chi connectivity index (χ0) is 24.0. The van der Waals surface area contributed by atoms with E-state index < -0.39 is 0 Å². The molecule has 2 bridgehead atoms. The third-order valence-corrected chi connectivity index (χ3v) is 6.22. The number of nitrogens with one attached hydrogen (secondary N) is 1. The molecule has 0 amide bonds. The molecule has 34 heavy (non-hydrogen) atoms. The van der Waals surface area contributed by atoms with E-state index in [9.17, 15) is 5.11 Å².